The highest BCUT2D eigenvalue weighted by Crippen LogP contribution is 2.40. The number of anilines is 1. The predicted molar refractivity (Wildman–Crippen MR) is 84.2 cm³/mol. The maximum Gasteiger partial charge on any atom is 0.350 e. The molecule has 2 rings (SSSR count). The van der Waals surface area contributed by atoms with E-state index in [1.54, 1.807) is 13.0 Å². The molecule has 112 valence electrons. The Morgan fingerprint density at radius 3 is 2.67 bits per heavy atom. The van der Waals surface area contributed by atoms with Crippen LogP contribution < -0.4 is 5.73 Å². The summed E-state index contributed by atoms with van der Waals surface area (Å²) in [6.45, 7) is 5.89. The molecule has 0 saturated heterocycles. The van der Waals surface area contributed by atoms with Crippen LogP contribution in [-0.4, -0.2) is 12.6 Å². The molecule has 0 fully saturated rings. The number of carbonyl (C=O) groups excluding carboxylic acids is 1. The van der Waals surface area contributed by atoms with Gasteiger partial charge >= 0.3 is 5.97 Å². The van der Waals surface area contributed by atoms with Crippen molar-refractivity contribution in [2.45, 2.75) is 27.2 Å². The zero-order valence-corrected chi connectivity index (χ0v) is 13.1. The number of ether oxygens (including phenoxy) is 1. The molecule has 0 saturated carbocycles. The average Bonchev–Trinajstić information content (AvgIpc) is 2.76. The Labute approximate surface area is 127 Å². The van der Waals surface area contributed by atoms with E-state index < -0.39 is 5.97 Å². The number of halogens is 1. The second-order valence-electron chi connectivity index (χ2n) is 4.69. The van der Waals surface area contributed by atoms with Crippen LogP contribution in [0.1, 0.15) is 34.6 Å². The van der Waals surface area contributed by atoms with Crippen LogP contribution in [0.5, 0.6) is 0 Å². The van der Waals surface area contributed by atoms with Crippen molar-refractivity contribution in [2.75, 3.05) is 12.3 Å². The molecule has 0 radical (unpaired) electrons. The molecule has 0 atom stereocenters. The molecule has 2 N–H and O–H groups in total. The van der Waals surface area contributed by atoms with Gasteiger partial charge in [-0.25, -0.2) is 9.18 Å². The van der Waals surface area contributed by atoms with Crippen molar-refractivity contribution in [1.82, 2.24) is 0 Å². The zero-order valence-electron chi connectivity index (χ0n) is 12.3. The number of hydrogen-bond donors (Lipinski definition) is 1. The van der Waals surface area contributed by atoms with Crippen LogP contribution in [0, 0.1) is 12.7 Å². The van der Waals surface area contributed by atoms with Crippen LogP contribution in [0.2, 0.25) is 0 Å². The molecule has 0 aliphatic heterocycles. The maximum atomic E-state index is 13.3. The van der Waals surface area contributed by atoms with Gasteiger partial charge in [0.05, 0.1) is 12.3 Å². The van der Waals surface area contributed by atoms with Gasteiger partial charge < -0.3 is 10.5 Å². The lowest BCUT2D eigenvalue weighted by Gasteiger charge is -2.06. The largest absolute Gasteiger partial charge is 0.462 e. The van der Waals surface area contributed by atoms with Gasteiger partial charge in [-0.3, -0.25) is 0 Å². The fraction of sp³-hybridized carbons (Fsp3) is 0.312. The van der Waals surface area contributed by atoms with Gasteiger partial charge in [-0.2, -0.15) is 0 Å². The highest BCUT2D eigenvalue weighted by atomic mass is 32.1. The van der Waals surface area contributed by atoms with E-state index in [2.05, 4.69) is 0 Å². The molecule has 1 heterocycles. The fourth-order valence-electron chi connectivity index (χ4n) is 2.28. The molecule has 1 aromatic carbocycles. The molecule has 5 heteroatoms. The van der Waals surface area contributed by atoms with Crippen LogP contribution in [0.25, 0.3) is 10.4 Å². The normalized spacial score (nSPS) is 10.7. The summed E-state index contributed by atoms with van der Waals surface area (Å²) in [6, 6.07) is 4.63. The van der Waals surface area contributed by atoms with E-state index in [1.165, 1.54) is 23.5 Å². The monoisotopic (exact) mass is 307 g/mol. The lowest BCUT2D eigenvalue weighted by molar-refractivity contribution is 0.0533. The number of nitrogens with two attached hydrogens (primary N) is 1. The Kier molecular flexibility index (Phi) is 4.63. The quantitative estimate of drug-likeness (QED) is 0.862. The van der Waals surface area contributed by atoms with Crippen molar-refractivity contribution in [2.24, 2.45) is 0 Å². The van der Waals surface area contributed by atoms with Gasteiger partial charge in [-0.1, -0.05) is 13.0 Å². The first-order valence-corrected chi connectivity index (χ1v) is 7.66. The molecular formula is C16H18FNO2S. The Hall–Kier alpha value is -1.88. The zero-order chi connectivity index (χ0) is 15.6. The number of benzene rings is 1. The summed E-state index contributed by atoms with van der Waals surface area (Å²) in [5, 5.41) is 0. The summed E-state index contributed by atoms with van der Waals surface area (Å²) in [4.78, 5) is 13.3. The minimum atomic E-state index is -0.402. The van der Waals surface area contributed by atoms with Gasteiger partial charge in [0.2, 0.25) is 0 Å². The Morgan fingerprint density at radius 1 is 1.38 bits per heavy atom. The number of thiophene rings is 1. The second-order valence-corrected chi connectivity index (χ2v) is 5.71. The van der Waals surface area contributed by atoms with Crippen molar-refractivity contribution in [3.8, 4) is 10.4 Å². The van der Waals surface area contributed by atoms with E-state index in [4.69, 9.17) is 10.5 Å². The average molecular weight is 307 g/mol. The van der Waals surface area contributed by atoms with Crippen LogP contribution in [0.15, 0.2) is 18.2 Å². The molecule has 1 aromatic heterocycles. The topological polar surface area (TPSA) is 52.3 Å². The van der Waals surface area contributed by atoms with Crippen molar-refractivity contribution in [3.63, 3.8) is 0 Å². The van der Waals surface area contributed by atoms with Crippen molar-refractivity contribution >= 4 is 23.0 Å². The molecule has 3 nitrogen and oxygen atoms in total. The summed E-state index contributed by atoms with van der Waals surface area (Å²) in [7, 11) is 0. The summed E-state index contributed by atoms with van der Waals surface area (Å²) in [5.41, 5.74) is 9.21. The number of nitrogen functional groups attached to an aromatic ring is 1. The van der Waals surface area contributed by atoms with Gasteiger partial charge in [0, 0.05) is 4.88 Å². The predicted octanol–water partition coefficient (Wildman–Crippen LogP) is 4.18. The second kappa shape index (κ2) is 6.26. The lowest BCUT2D eigenvalue weighted by atomic mass is 10.0. The van der Waals surface area contributed by atoms with Crippen molar-refractivity contribution in [1.29, 1.82) is 0 Å². The van der Waals surface area contributed by atoms with Crippen molar-refractivity contribution in [3.05, 3.63) is 40.0 Å². The SMILES string of the molecule is CCOC(=O)c1sc(-c2ccc(F)cc2C)c(CC)c1N. The van der Waals surface area contributed by atoms with Crippen LogP contribution in [0.3, 0.4) is 0 Å². The number of rotatable bonds is 4. The minimum Gasteiger partial charge on any atom is -0.462 e. The Bertz CT molecular complexity index is 679. The molecule has 0 spiro atoms. The third kappa shape index (κ3) is 2.93. The number of aryl methyl sites for hydroxylation is 1. The fourth-order valence-corrected chi connectivity index (χ4v) is 3.57. The Balaban J connectivity index is 2.58. The van der Waals surface area contributed by atoms with Gasteiger partial charge in [-0.15, -0.1) is 11.3 Å². The first-order valence-electron chi connectivity index (χ1n) is 6.84. The van der Waals surface area contributed by atoms with Gasteiger partial charge in [0.25, 0.3) is 0 Å². The molecule has 0 unspecified atom stereocenters. The van der Waals surface area contributed by atoms with Crippen LogP contribution in [0.4, 0.5) is 10.1 Å². The minimum absolute atomic E-state index is 0.274. The van der Waals surface area contributed by atoms with Gasteiger partial charge in [0.15, 0.2) is 0 Å². The molecular weight excluding hydrogens is 289 g/mol. The summed E-state index contributed by atoms with van der Waals surface area (Å²) >= 11 is 1.31. The molecule has 0 bridgehead atoms. The smallest absolute Gasteiger partial charge is 0.350 e. The third-order valence-electron chi connectivity index (χ3n) is 3.30. The highest BCUT2D eigenvalue weighted by molar-refractivity contribution is 7.18. The third-order valence-corrected chi connectivity index (χ3v) is 4.56. The summed E-state index contributed by atoms with van der Waals surface area (Å²) in [6.07, 6.45) is 0.702. The molecule has 0 aliphatic carbocycles. The number of hydrogen-bond acceptors (Lipinski definition) is 4. The first-order chi connectivity index (χ1) is 9.99. The van der Waals surface area contributed by atoms with E-state index >= 15 is 0 Å². The van der Waals surface area contributed by atoms with E-state index in [-0.39, 0.29) is 5.82 Å². The van der Waals surface area contributed by atoms with Gasteiger partial charge in [0.1, 0.15) is 10.7 Å². The van der Waals surface area contributed by atoms with E-state index in [9.17, 15) is 9.18 Å². The number of esters is 1. The van der Waals surface area contributed by atoms with Crippen LogP contribution >= 0.6 is 11.3 Å². The lowest BCUT2D eigenvalue weighted by Crippen LogP contribution is -2.05. The standard InChI is InChI=1S/C16H18FNO2S/c1-4-11-13(18)15(16(19)20-5-2)21-14(11)12-7-6-10(17)8-9(12)3/h6-8H,4-5,18H2,1-3H3. The first kappa shape index (κ1) is 15.5. The van der Waals surface area contributed by atoms with E-state index in [0.29, 0.717) is 23.6 Å². The van der Waals surface area contributed by atoms with E-state index in [0.717, 1.165) is 21.6 Å². The summed E-state index contributed by atoms with van der Waals surface area (Å²) < 4.78 is 18.3. The molecule has 0 aliphatic rings. The van der Waals surface area contributed by atoms with Crippen LogP contribution in [-0.2, 0) is 11.2 Å². The van der Waals surface area contributed by atoms with Gasteiger partial charge in [-0.05, 0) is 49.1 Å². The molecule has 0 amide bonds. The maximum absolute atomic E-state index is 13.3. The molecule has 21 heavy (non-hydrogen) atoms. The van der Waals surface area contributed by atoms with Crippen molar-refractivity contribution < 1.29 is 13.9 Å². The summed E-state index contributed by atoms with van der Waals surface area (Å²) in [5.74, 6) is -0.676. The highest BCUT2D eigenvalue weighted by Gasteiger charge is 2.22. The Morgan fingerprint density at radius 2 is 2.10 bits per heavy atom. The number of carbonyl (C=O) groups is 1. The molecule has 2 aromatic rings. The van der Waals surface area contributed by atoms with E-state index in [1.807, 2.05) is 13.8 Å².